The van der Waals surface area contributed by atoms with Crippen LogP contribution >= 0.6 is 92.0 Å². The molecule has 0 fully saturated rings. The fourth-order valence-corrected chi connectivity index (χ4v) is 3.37. The Labute approximate surface area is 268 Å². The molecule has 0 unspecified atom stereocenters. The zero-order valence-corrected chi connectivity index (χ0v) is 30.4. The van der Waals surface area contributed by atoms with Crippen molar-refractivity contribution in [3.8, 4) is 0 Å². The van der Waals surface area contributed by atoms with Crippen LogP contribution in [0.2, 0.25) is 0 Å². The minimum Gasteiger partial charge on any atom is -0.384 e. The van der Waals surface area contributed by atoms with E-state index < -0.39 is 0 Å². The van der Waals surface area contributed by atoms with Crippen LogP contribution in [0.1, 0.15) is 28.5 Å². The number of nitrogens with two attached hydrogens (primary N) is 2. The number of nitrogens with zero attached hydrogens (tertiary/aromatic N) is 4. The third-order valence-corrected chi connectivity index (χ3v) is 7.06. The molecule has 0 saturated heterocycles. The van der Waals surface area contributed by atoms with Gasteiger partial charge in [0.25, 0.3) is 0 Å². The van der Waals surface area contributed by atoms with Crippen molar-refractivity contribution in [2.45, 2.75) is 34.6 Å². The summed E-state index contributed by atoms with van der Waals surface area (Å²) in [5.74, 6) is 1.15. The van der Waals surface area contributed by atoms with E-state index in [4.69, 9.17) is 11.5 Å². The first-order valence-electron chi connectivity index (χ1n) is 10.5. The van der Waals surface area contributed by atoms with Gasteiger partial charge < -0.3 is 11.5 Å². The molecule has 37 heavy (non-hydrogen) atoms. The van der Waals surface area contributed by atoms with Gasteiger partial charge in [-0.2, -0.15) is 0 Å². The van der Waals surface area contributed by atoms with Gasteiger partial charge in [-0.1, -0.05) is 6.07 Å². The first-order chi connectivity index (χ1) is 17.4. The number of pyridine rings is 4. The summed E-state index contributed by atoms with van der Waals surface area (Å²) in [6, 6.07) is 17.1. The minimum atomic E-state index is 0.565. The Morgan fingerprint density at radius 3 is 1.27 bits per heavy atom. The maximum Gasteiger partial charge on any atom is 0.123 e. The summed E-state index contributed by atoms with van der Waals surface area (Å²) in [6.45, 7) is 9.74. The van der Waals surface area contributed by atoms with Gasteiger partial charge in [0.15, 0.2) is 0 Å². The molecular formula is C25H28Br6N6. The monoisotopic (exact) mass is 886 g/mol. The summed E-state index contributed by atoms with van der Waals surface area (Å²) < 4.78 is 4.00. The number of rotatable bonds is 0. The van der Waals surface area contributed by atoms with E-state index in [0.717, 1.165) is 46.5 Å². The van der Waals surface area contributed by atoms with Crippen molar-refractivity contribution in [1.29, 1.82) is 0 Å². The Kier molecular flexibility index (Phi) is 19.6. The number of hydrogen-bond acceptors (Lipinski definition) is 6. The van der Waals surface area contributed by atoms with Gasteiger partial charge in [0, 0.05) is 53.1 Å². The van der Waals surface area contributed by atoms with Gasteiger partial charge in [-0.15, -0.1) is 0 Å². The molecule has 12 heteroatoms. The van der Waals surface area contributed by atoms with Gasteiger partial charge in [0.2, 0.25) is 0 Å². The van der Waals surface area contributed by atoms with Crippen LogP contribution in [0.4, 0.5) is 11.6 Å². The number of anilines is 2. The Morgan fingerprint density at radius 2 is 0.919 bits per heavy atom. The fourth-order valence-electron chi connectivity index (χ4n) is 2.31. The number of halogens is 6. The van der Waals surface area contributed by atoms with Crippen LogP contribution in [-0.4, -0.2) is 19.9 Å². The predicted octanol–water partition coefficient (Wildman–Crippen LogP) is 9.77. The summed E-state index contributed by atoms with van der Waals surface area (Å²) in [6.07, 6.45) is 0. The zero-order valence-electron chi connectivity index (χ0n) is 20.9. The molecule has 0 saturated carbocycles. The standard InChI is InChI=1S/C7H8BrN.C6H5Br2N.C6H7BrN2.C6H8N2.Br2/c1-5-3-4-7(8)6(2)9-5;2*1-4-5(7)2-3-6(8)9-4;1-5-3-2-4-6(7)8-5;1-2/h3-4H,1-2H3;2-3H,1H3;2-3H,1H3,(H2,8,9);2-4H,1H3,(H2,7,8);. The molecule has 4 aromatic rings. The van der Waals surface area contributed by atoms with E-state index in [1.165, 1.54) is 0 Å². The molecule has 4 N–H and O–H groups in total. The molecule has 200 valence electrons. The maximum atomic E-state index is 5.40. The summed E-state index contributed by atoms with van der Waals surface area (Å²) in [7, 11) is 0. The molecule has 4 heterocycles. The highest BCUT2D eigenvalue weighted by Gasteiger charge is 1.94. The van der Waals surface area contributed by atoms with Crippen LogP contribution in [-0.2, 0) is 0 Å². The summed E-state index contributed by atoms with van der Waals surface area (Å²) >= 11 is 18.8. The van der Waals surface area contributed by atoms with E-state index in [-0.39, 0.29) is 0 Å². The Hall–Kier alpha value is -0.920. The second kappa shape index (κ2) is 20.0. The van der Waals surface area contributed by atoms with E-state index >= 15 is 0 Å². The Bertz CT molecular complexity index is 1110. The van der Waals surface area contributed by atoms with Crippen LogP contribution in [0.15, 0.2) is 72.6 Å². The average Bonchev–Trinajstić information content (AvgIpc) is 2.84. The molecule has 0 aliphatic heterocycles. The Morgan fingerprint density at radius 1 is 0.486 bits per heavy atom. The molecule has 6 nitrogen and oxygen atoms in total. The van der Waals surface area contributed by atoms with Gasteiger partial charge in [0.1, 0.15) is 16.2 Å². The number of nitrogen functional groups attached to an aromatic ring is 2. The van der Waals surface area contributed by atoms with Gasteiger partial charge in [-0.25, -0.2) is 15.0 Å². The molecule has 0 aliphatic carbocycles. The minimum absolute atomic E-state index is 0.565. The largest absolute Gasteiger partial charge is 0.384 e. The summed E-state index contributed by atoms with van der Waals surface area (Å²) in [5, 5.41) is 0. The molecule has 0 atom stereocenters. The third kappa shape index (κ3) is 16.6. The van der Waals surface area contributed by atoms with Crippen molar-refractivity contribution in [3.05, 3.63) is 101 Å². The van der Waals surface area contributed by atoms with Crippen molar-refractivity contribution in [1.82, 2.24) is 19.9 Å². The smallest absolute Gasteiger partial charge is 0.123 e. The molecule has 0 aromatic carbocycles. The van der Waals surface area contributed by atoms with Gasteiger partial charge in [-0.05, 0) is 147 Å². The molecular weight excluding hydrogens is 864 g/mol. The third-order valence-electron chi connectivity index (χ3n) is 4.10. The molecule has 0 amide bonds. The molecule has 0 spiro atoms. The second-order valence-electron chi connectivity index (χ2n) is 7.23. The lowest BCUT2D eigenvalue weighted by atomic mass is 10.3. The number of hydrogen-bond donors (Lipinski definition) is 2. The van der Waals surface area contributed by atoms with Crippen molar-refractivity contribution in [2.24, 2.45) is 0 Å². The highest BCUT2D eigenvalue weighted by atomic mass is 80.9. The molecule has 4 aromatic heterocycles. The average molecular weight is 892 g/mol. The van der Waals surface area contributed by atoms with Crippen LogP contribution < -0.4 is 11.5 Å². The lowest BCUT2D eigenvalue weighted by molar-refractivity contribution is 1.11. The zero-order chi connectivity index (χ0) is 28.5. The first-order valence-corrected chi connectivity index (χ1v) is 17.4. The molecule has 0 bridgehead atoms. The number of aryl methyl sites for hydroxylation is 5. The van der Waals surface area contributed by atoms with Crippen molar-refractivity contribution >= 4 is 104 Å². The van der Waals surface area contributed by atoms with Crippen molar-refractivity contribution < 1.29 is 0 Å². The quantitative estimate of drug-likeness (QED) is 0.171. The lowest BCUT2D eigenvalue weighted by Crippen LogP contribution is -1.91. The predicted molar refractivity (Wildman–Crippen MR) is 178 cm³/mol. The fraction of sp³-hybridized carbons (Fsp3) is 0.200. The van der Waals surface area contributed by atoms with Crippen LogP contribution in [0.25, 0.3) is 0 Å². The molecule has 0 aliphatic rings. The number of aromatic nitrogens is 4. The first kappa shape index (κ1) is 36.1. The van der Waals surface area contributed by atoms with Crippen LogP contribution in [0.5, 0.6) is 0 Å². The van der Waals surface area contributed by atoms with Gasteiger partial charge >= 0.3 is 0 Å². The SMILES string of the molecule is BrBr.Cc1ccc(Br)c(C)n1.Cc1cccc(N)n1.Cc1nc(Br)ccc1Br.Cc1nc(N)ccc1Br. The normalized spacial score (nSPS) is 9.16. The van der Waals surface area contributed by atoms with Crippen molar-refractivity contribution in [3.63, 3.8) is 0 Å². The summed E-state index contributed by atoms with van der Waals surface area (Å²) in [5.41, 5.74) is 15.8. The van der Waals surface area contributed by atoms with Crippen molar-refractivity contribution in [2.75, 3.05) is 11.5 Å². The highest BCUT2D eigenvalue weighted by Crippen LogP contribution is 2.16. The summed E-state index contributed by atoms with van der Waals surface area (Å²) in [4.78, 5) is 16.3. The molecule has 0 radical (unpaired) electrons. The molecule has 4 rings (SSSR count). The van der Waals surface area contributed by atoms with Crippen LogP contribution in [0, 0.1) is 34.6 Å². The van der Waals surface area contributed by atoms with E-state index in [1.807, 2.05) is 77.1 Å². The van der Waals surface area contributed by atoms with E-state index in [0.29, 0.717) is 11.6 Å². The van der Waals surface area contributed by atoms with E-state index in [1.54, 1.807) is 12.1 Å². The Balaban J connectivity index is 0.000000457. The van der Waals surface area contributed by atoms with Gasteiger partial charge in [0.05, 0.1) is 17.1 Å². The highest BCUT2D eigenvalue weighted by molar-refractivity contribution is 9.93. The van der Waals surface area contributed by atoms with Crippen LogP contribution in [0.3, 0.4) is 0 Å². The second-order valence-corrected chi connectivity index (χ2v) is 10.6. The lowest BCUT2D eigenvalue weighted by Gasteiger charge is -1.95. The maximum absolute atomic E-state index is 5.40. The van der Waals surface area contributed by atoms with E-state index in [9.17, 15) is 0 Å². The van der Waals surface area contributed by atoms with E-state index in [2.05, 4.69) is 112 Å². The topological polar surface area (TPSA) is 104 Å². The van der Waals surface area contributed by atoms with Gasteiger partial charge in [-0.3, -0.25) is 4.98 Å².